The van der Waals surface area contributed by atoms with Crippen LogP contribution in [0.2, 0.25) is 0 Å². The second-order valence-corrected chi connectivity index (χ2v) is 6.95. The third-order valence-electron chi connectivity index (χ3n) is 5.44. The Morgan fingerprint density at radius 3 is 2.48 bits per heavy atom. The van der Waals surface area contributed by atoms with Gasteiger partial charge in [0.05, 0.1) is 11.6 Å². The molecule has 1 aliphatic carbocycles. The first kappa shape index (κ1) is 17.4. The lowest BCUT2D eigenvalue weighted by molar-refractivity contribution is -0.128. The summed E-state index contributed by atoms with van der Waals surface area (Å²) in [6.07, 6.45) is 6.78. The Labute approximate surface area is 149 Å². The Bertz CT molecular complexity index is 731. The number of amides is 1. The SMILES string of the molecule is CNC1CC(C(=O)N2CCC(c3ccc(C#N)cc3)CC2)=CC=C1C. The van der Waals surface area contributed by atoms with Crippen LogP contribution in [-0.2, 0) is 4.79 Å². The van der Waals surface area contributed by atoms with E-state index in [1.54, 1.807) is 0 Å². The molecule has 0 spiro atoms. The largest absolute Gasteiger partial charge is 0.339 e. The maximum absolute atomic E-state index is 12.8. The smallest absolute Gasteiger partial charge is 0.249 e. The number of hydrogen-bond donors (Lipinski definition) is 1. The summed E-state index contributed by atoms with van der Waals surface area (Å²) < 4.78 is 0. The number of likely N-dealkylation sites (N-methyl/N-ethyl adjacent to an activating group) is 1. The average Bonchev–Trinajstić information content (AvgIpc) is 2.68. The van der Waals surface area contributed by atoms with Crippen LogP contribution in [0.3, 0.4) is 0 Å². The molecule has 1 unspecified atom stereocenters. The number of nitriles is 1. The zero-order valence-corrected chi connectivity index (χ0v) is 15.0. The van der Waals surface area contributed by atoms with Crippen molar-refractivity contribution < 1.29 is 4.79 Å². The molecule has 130 valence electrons. The maximum atomic E-state index is 12.8. The highest BCUT2D eigenvalue weighted by molar-refractivity contribution is 5.94. The van der Waals surface area contributed by atoms with Gasteiger partial charge in [0.2, 0.25) is 5.91 Å². The van der Waals surface area contributed by atoms with Crippen molar-refractivity contribution in [3.05, 3.63) is 58.7 Å². The van der Waals surface area contributed by atoms with Crippen molar-refractivity contribution >= 4 is 5.91 Å². The highest BCUT2D eigenvalue weighted by atomic mass is 16.2. The number of likely N-dealkylation sites (tertiary alicyclic amines) is 1. The van der Waals surface area contributed by atoms with E-state index in [0.717, 1.165) is 37.9 Å². The van der Waals surface area contributed by atoms with Gasteiger partial charge in [-0.05, 0) is 56.8 Å². The molecule has 3 rings (SSSR count). The molecule has 4 nitrogen and oxygen atoms in total. The fraction of sp³-hybridized carbons (Fsp3) is 0.429. The van der Waals surface area contributed by atoms with Crippen molar-refractivity contribution in [2.75, 3.05) is 20.1 Å². The van der Waals surface area contributed by atoms with Crippen LogP contribution in [0.1, 0.15) is 43.2 Å². The van der Waals surface area contributed by atoms with Crippen LogP contribution in [0.4, 0.5) is 0 Å². The Hall–Kier alpha value is -2.38. The number of benzene rings is 1. The highest BCUT2D eigenvalue weighted by Gasteiger charge is 2.27. The topological polar surface area (TPSA) is 56.1 Å². The molecule has 1 N–H and O–H groups in total. The standard InChI is InChI=1S/C21H25N3O/c1-15-3-6-19(13-20(15)23-2)21(25)24-11-9-18(10-12-24)17-7-4-16(14-22)5-8-17/h3-8,18,20,23H,9-13H2,1-2H3. The van der Waals surface area contributed by atoms with E-state index in [9.17, 15) is 4.79 Å². The van der Waals surface area contributed by atoms with Crippen LogP contribution in [-0.4, -0.2) is 37.0 Å². The molecule has 1 aliphatic heterocycles. The summed E-state index contributed by atoms with van der Waals surface area (Å²) in [6.45, 7) is 3.70. The third kappa shape index (κ3) is 3.83. The summed E-state index contributed by atoms with van der Waals surface area (Å²) in [4.78, 5) is 14.8. The number of rotatable bonds is 3. The van der Waals surface area contributed by atoms with E-state index in [-0.39, 0.29) is 11.9 Å². The number of hydrogen-bond acceptors (Lipinski definition) is 3. The Balaban J connectivity index is 1.60. The lowest BCUT2D eigenvalue weighted by Crippen LogP contribution is -2.40. The number of carbonyl (C=O) groups excluding carboxylic acids is 1. The lowest BCUT2D eigenvalue weighted by Gasteiger charge is -2.34. The van der Waals surface area contributed by atoms with Crippen molar-refractivity contribution in [3.63, 3.8) is 0 Å². The van der Waals surface area contributed by atoms with Crippen LogP contribution in [0, 0.1) is 11.3 Å². The van der Waals surface area contributed by atoms with Gasteiger partial charge in [-0.15, -0.1) is 0 Å². The molecule has 1 heterocycles. The summed E-state index contributed by atoms with van der Waals surface area (Å²) in [5.74, 6) is 0.659. The highest BCUT2D eigenvalue weighted by Crippen LogP contribution is 2.29. The van der Waals surface area contributed by atoms with Gasteiger partial charge in [0.15, 0.2) is 0 Å². The van der Waals surface area contributed by atoms with Gasteiger partial charge >= 0.3 is 0 Å². The first-order valence-electron chi connectivity index (χ1n) is 8.96. The second kappa shape index (κ2) is 7.67. The number of allylic oxidation sites excluding steroid dienone is 2. The Morgan fingerprint density at radius 2 is 1.88 bits per heavy atom. The molecule has 0 radical (unpaired) electrons. The quantitative estimate of drug-likeness (QED) is 0.923. The lowest BCUT2D eigenvalue weighted by atomic mass is 9.88. The zero-order valence-electron chi connectivity index (χ0n) is 15.0. The summed E-state index contributed by atoms with van der Waals surface area (Å²) in [5, 5.41) is 12.2. The van der Waals surface area contributed by atoms with Gasteiger partial charge in [0.1, 0.15) is 0 Å². The van der Waals surface area contributed by atoms with Crippen molar-refractivity contribution in [1.29, 1.82) is 5.26 Å². The normalized spacial score (nSPS) is 21.3. The molecule has 4 heteroatoms. The fourth-order valence-corrected chi connectivity index (χ4v) is 3.73. The predicted molar refractivity (Wildman–Crippen MR) is 99.0 cm³/mol. The first-order valence-corrected chi connectivity index (χ1v) is 8.96. The van der Waals surface area contributed by atoms with Crippen molar-refractivity contribution in [2.24, 2.45) is 0 Å². The van der Waals surface area contributed by atoms with Crippen LogP contribution in [0.25, 0.3) is 0 Å². The molecule has 1 atom stereocenters. The number of piperidine rings is 1. The molecular weight excluding hydrogens is 310 g/mol. The minimum absolute atomic E-state index is 0.183. The van der Waals surface area contributed by atoms with Gasteiger partial charge < -0.3 is 10.2 Å². The molecule has 25 heavy (non-hydrogen) atoms. The Kier molecular flexibility index (Phi) is 5.35. The summed E-state index contributed by atoms with van der Waals surface area (Å²) in [7, 11) is 1.94. The number of nitrogens with one attached hydrogen (secondary N) is 1. The van der Waals surface area contributed by atoms with Crippen molar-refractivity contribution in [1.82, 2.24) is 10.2 Å². The molecule has 0 aromatic heterocycles. The Morgan fingerprint density at radius 1 is 1.20 bits per heavy atom. The molecule has 1 aromatic rings. The van der Waals surface area contributed by atoms with Gasteiger partial charge in [-0.25, -0.2) is 0 Å². The molecule has 1 amide bonds. The molecule has 2 aliphatic rings. The van der Waals surface area contributed by atoms with Gasteiger partial charge in [0.25, 0.3) is 0 Å². The molecule has 0 saturated carbocycles. The minimum atomic E-state index is 0.183. The van der Waals surface area contributed by atoms with Crippen LogP contribution < -0.4 is 5.32 Å². The van der Waals surface area contributed by atoms with Crippen molar-refractivity contribution in [2.45, 2.75) is 38.1 Å². The summed E-state index contributed by atoms with van der Waals surface area (Å²) in [5.41, 5.74) is 4.15. The van der Waals surface area contributed by atoms with Gasteiger partial charge in [0, 0.05) is 24.7 Å². The van der Waals surface area contributed by atoms with Gasteiger partial charge in [-0.1, -0.05) is 29.9 Å². The zero-order chi connectivity index (χ0) is 17.8. The van der Waals surface area contributed by atoms with Crippen LogP contribution in [0.15, 0.2) is 47.6 Å². The van der Waals surface area contributed by atoms with Gasteiger partial charge in [-0.3, -0.25) is 4.79 Å². The fourth-order valence-electron chi connectivity index (χ4n) is 3.73. The van der Waals surface area contributed by atoms with E-state index >= 15 is 0 Å². The second-order valence-electron chi connectivity index (χ2n) is 6.95. The summed E-state index contributed by atoms with van der Waals surface area (Å²) >= 11 is 0. The van der Waals surface area contributed by atoms with E-state index < -0.39 is 0 Å². The predicted octanol–water partition coefficient (Wildman–Crippen LogP) is 3.13. The molecule has 1 fully saturated rings. The monoisotopic (exact) mass is 335 g/mol. The maximum Gasteiger partial charge on any atom is 0.249 e. The van der Waals surface area contributed by atoms with Gasteiger partial charge in [-0.2, -0.15) is 5.26 Å². The first-order chi connectivity index (χ1) is 12.1. The van der Waals surface area contributed by atoms with Crippen LogP contribution in [0.5, 0.6) is 0 Å². The molecule has 1 aromatic carbocycles. The number of carbonyl (C=O) groups is 1. The van der Waals surface area contributed by atoms with E-state index in [1.807, 2.05) is 30.2 Å². The van der Waals surface area contributed by atoms with E-state index in [4.69, 9.17) is 5.26 Å². The van der Waals surface area contributed by atoms with E-state index in [2.05, 4.69) is 36.5 Å². The molecule has 0 bridgehead atoms. The molecular formula is C21H25N3O. The van der Waals surface area contributed by atoms with Crippen molar-refractivity contribution in [3.8, 4) is 6.07 Å². The summed E-state index contributed by atoms with van der Waals surface area (Å²) in [6, 6.07) is 10.3. The third-order valence-corrected chi connectivity index (χ3v) is 5.44. The van der Waals surface area contributed by atoms with E-state index in [0.29, 0.717) is 11.5 Å². The average molecular weight is 335 g/mol. The number of nitrogens with zero attached hydrogens (tertiary/aromatic N) is 2. The van der Waals surface area contributed by atoms with Crippen LogP contribution >= 0.6 is 0 Å². The molecule has 1 saturated heterocycles. The minimum Gasteiger partial charge on any atom is -0.339 e. The van der Waals surface area contributed by atoms with E-state index in [1.165, 1.54) is 11.1 Å².